The Morgan fingerprint density at radius 3 is 2.58 bits per heavy atom. The van der Waals surface area contributed by atoms with Crippen LogP contribution in [0.1, 0.15) is 31.2 Å². The molecule has 0 amide bonds. The van der Waals surface area contributed by atoms with Crippen molar-refractivity contribution >= 4 is 11.5 Å². The van der Waals surface area contributed by atoms with Gasteiger partial charge in [-0.25, -0.2) is 4.98 Å². The van der Waals surface area contributed by atoms with Crippen LogP contribution >= 0.6 is 0 Å². The first kappa shape index (κ1) is 12.4. The third-order valence-electron chi connectivity index (χ3n) is 4.27. The number of anilines is 1. The van der Waals surface area contributed by atoms with Gasteiger partial charge in [-0.05, 0) is 56.4 Å². The van der Waals surface area contributed by atoms with Gasteiger partial charge in [0.15, 0.2) is 0 Å². The Balaban J connectivity index is 1.72. The highest BCUT2D eigenvalue weighted by molar-refractivity contribution is 5.59. The van der Waals surface area contributed by atoms with Crippen molar-refractivity contribution in [3.8, 4) is 0 Å². The number of hydrogen-bond donors (Lipinski definition) is 1. The maximum Gasteiger partial charge on any atom is 0.314 e. The van der Waals surface area contributed by atoms with E-state index in [1.807, 2.05) is 0 Å². The second kappa shape index (κ2) is 4.79. The van der Waals surface area contributed by atoms with Crippen LogP contribution in [0.2, 0.25) is 0 Å². The van der Waals surface area contributed by atoms with E-state index in [9.17, 15) is 10.1 Å². The zero-order chi connectivity index (χ0) is 13.4. The molecular weight excluding hydrogens is 242 g/mol. The average molecular weight is 261 g/mol. The van der Waals surface area contributed by atoms with Crippen LogP contribution in [-0.2, 0) is 0 Å². The smallest absolute Gasteiger partial charge is 0.314 e. The Morgan fingerprint density at radius 1 is 1.42 bits per heavy atom. The van der Waals surface area contributed by atoms with E-state index in [1.165, 1.54) is 25.7 Å². The third kappa shape index (κ3) is 2.69. The molecule has 19 heavy (non-hydrogen) atoms. The van der Waals surface area contributed by atoms with Crippen LogP contribution < -0.4 is 5.32 Å². The predicted octanol–water partition coefficient (Wildman–Crippen LogP) is 3.15. The van der Waals surface area contributed by atoms with Crippen LogP contribution in [-0.4, -0.2) is 16.5 Å². The molecule has 0 bridgehead atoms. The van der Waals surface area contributed by atoms with Gasteiger partial charge in [0.1, 0.15) is 0 Å². The quantitative estimate of drug-likeness (QED) is 0.631. The highest BCUT2D eigenvalue weighted by Crippen LogP contribution is 2.49. The lowest BCUT2D eigenvalue weighted by molar-refractivity contribution is -0.384. The molecule has 2 saturated carbocycles. The molecule has 0 aromatic carbocycles. The highest BCUT2D eigenvalue weighted by Gasteiger charge is 2.41. The molecule has 3 rings (SSSR count). The number of aryl methyl sites for hydroxylation is 1. The number of aromatic nitrogens is 1. The number of pyridine rings is 1. The van der Waals surface area contributed by atoms with Gasteiger partial charge >= 0.3 is 5.69 Å². The summed E-state index contributed by atoms with van der Waals surface area (Å²) in [5.74, 6) is 2.78. The topological polar surface area (TPSA) is 68.1 Å². The average Bonchev–Trinajstić information content (AvgIpc) is 3.23. The van der Waals surface area contributed by atoms with E-state index < -0.39 is 0 Å². The van der Waals surface area contributed by atoms with Gasteiger partial charge in [0.05, 0.1) is 4.92 Å². The fourth-order valence-electron chi connectivity index (χ4n) is 2.89. The molecule has 2 aliphatic carbocycles. The van der Waals surface area contributed by atoms with Gasteiger partial charge in [-0.1, -0.05) is 0 Å². The molecule has 0 radical (unpaired) electrons. The van der Waals surface area contributed by atoms with Crippen molar-refractivity contribution in [1.82, 2.24) is 4.98 Å². The Hall–Kier alpha value is -1.65. The number of nitro groups is 1. The summed E-state index contributed by atoms with van der Waals surface area (Å²) in [5.41, 5.74) is 0.782. The van der Waals surface area contributed by atoms with Crippen molar-refractivity contribution in [3.63, 3.8) is 0 Å². The summed E-state index contributed by atoms with van der Waals surface area (Å²) in [6.45, 7) is 2.58. The van der Waals surface area contributed by atoms with Crippen LogP contribution in [0.3, 0.4) is 0 Å². The van der Waals surface area contributed by atoms with E-state index in [0.717, 1.165) is 18.4 Å². The molecule has 1 aromatic heterocycles. The second-order valence-corrected chi connectivity index (χ2v) is 5.80. The SMILES string of the molecule is Cc1ccnc(NCC(C2CC2)C2CC2)c1[N+](=O)[O-]. The van der Waals surface area contributed by atoms with Crippen molar-refractivity contribution < 1.29 is 4.92 Å². The summed E-state index contributed by atoms with van der Waals surface area (Å²) in [7, 11) is 0. The van der Waals surface area contributed by atoms with Crippen LogP contribution in [0.4, 0.5) is 11.5 Å². The Bertz CT molecular complexity index is 483. The predicted molar refractivity (Wildman–Crippen MR) is 73.1 cm³/mol. The number of rotatable bonds is 6. The second-order valence-electron chi connectivity index (χ2n) is 5.80. The lowest BCUT2D eigenvalue weighted by Gasteiger charge is -2.16. The van der Waals surface area contributed by atoms with Crippen molar-refractivity contribution in [2.24, 2.45) is 17.8 Å². The summed E-state index contributed by atoms with van der Waals surface area (Å²) >= 11 is 0. The summed E-state index contributed by atoms with van der Waals surface area (Å²) in [5, 5.41) is 14.3. The number of hydrogen-bond acceptors (Lipinski definition) is 4. The van der Waals surface area contributed by atoms with Crippen molar-refractivity contribution in [1.29, 1.82) is 0 Å². The molecule has 5 nitrogen and oxygen atoms in total. The van der Waals surface area contributed by atoms with Gasteiger partial charge in [0.25, 0.3) is 0 Å². The zero-order valence-corrected chi connectivity index (χ0v) is 11.1. The molecule has 1 N–H and O–H groups in total. The Labute approximate surface area is 112 Å². The summed E-state index contributed by atoms with van der Waals surface area (Å²) in [4.78, 5) is 14.9. The highest BCUT2D eigenvalue weighted by atomic mass is 16.6. The molecular formula is C14H19N3O2. The Morgan fingerprint density at radius 2 is 2.05 bits per heavy atom. The third-order valence-corrected chi connectivity index (χ3v) is 4.27. The van der Waals surface area contributed by atoms with Gasteiger partial charge in [-0.15, -0.1) is 0 Å². The molecule has 0 saturated heterocycles. The number of nitrogens with one attached hydrogen (secondary N) is 1. The zero-order valence-electron chi connectivity index (χ0n) is 11.1. The van der Waals surface area contributed by atoms with Crippen LogP contribution in [0.25, 0.3) is 0 Å². The fraction of sp³-hybridized carbons (Fsp3) is 0.643. The summed E-state index contributed by atoms with van der Waals surface area (Å²) in [6.07, 6.45) is 6.94. The first-order chi connectivity index (χ1) is 9.16. The van der Waals surface area contributed by atoms with E-state index >= 15 is 0 Å². The maximum atomic E-state index is 11.1. The van der Waals surface area contributed by atoms with E-state index in [-0.39, 0.29) is 10.6 Å². The number of nitrogens with zero attached hydrogens (tertiary/aromatic N) is 2. The lowest BCUT2D eigenvalue weighted by Crippen LogP contribution is -2.19. The molecule has 0 unspecified atom stereocenters. The molecule has 2 aliphatic rings. The molecule has 0 atom stereocenters. The van der Waals surface area contributed by atoms with Crippen molar-refractivity contribution in [2.45, 2.75) is 32.6 Å². The molecule has 102 valence electrons. The summed E-state index contributed by atoms with van der Waals surface area (Å²) in [6, 6.07) is 1.68. The fourth-order valence-corrected chi connectivity index (χ4v) is 2.89. The van der Waals surface area contributed by atoms with E-state index in [1.54, 1.807) is 19.2 Å². The minimum Gasteiger partial charge on any atom is -0.364 e. The van der Waals surface area contributed by atoms with Crippen LogP contribution in [0.5, 0.6) is 0 Å². The minimum atomic E-state index is -0.339. The summed E-state index contributed by atoms with van der Waals surface area (Å²) < 4.78 is 0. The molecule has 1 aromatic rings. The van der Waals surface area contributed by atoms with Gasteiger partial charge in [-0.2, -0.15) is 0 Å². The van der Waals surface area contributed by atoms with E-state index in [2.05, 4.69) is 10.3 Å². The monoisotopic (exact) mass is 261 g/mol. The van der Waals surface area contributed by atoms with E-state index in [0.29, 0.717) is 17.3 Å². The van der Waals surface area contributed by atoms with Crippen molar-refractivity contribution in [3.05, 3.63) is 27.9 Å². The standard InChI is InChI=1S/C14H19N3O2/c1-9-6-7-15-14(13(9)17(18)19)16-8-12(10-2-3-10)11-4-5-11/h6-7,10-12H,2-5,8H2,1H3,(H,15,16). The van der Waals surface area contributed by atoms with Gasteiger partial charge in [-0.3, -0.25) is 10.1 Å². The van der Waals surface area contributed by atoms with Crippen molar-refractivity contribution in [2.75, 3.05) is 11.9 Å². The first-order valence-electron chi connectivity index (χ1n) is 7.00. The molecule has 0 spiro atoms. The van der Waals surface area contributed by atoms with Crippen LogP contribution in [0, 0.1) is 34.8 Å². The molecule has 1 heterocycles. The van der Waals surface area contributed by atoms with Gasteiger partial charge in [0.2, 0.25) is 5.82 Å². The van der Waals surface area contributed by atoms with Gasteiger partial charge < -0.3 is 5.32 Å². The molecule has 2 fully saturated rings. The van der Waals surface area contributed by atoms with Gasteiger partial charge in [0, 0.05) is 18.3 Å². The van der Waals surface area contributed by atoms with E-state index in [4.69, 9.17) is 0 Å². The minimum absolute atomic E-state index is 0.118. The van der Waals surface area contributed by atoms with Crippen LogP contribution in [0.15, 0.2) is 12.3 Å². The molecule has 5 heteroatoms. The maximum absolute atomic E-state index is 11.1. The largest absolute Gasteiger partial charge is 0.364 e. The first-order valence-corrected chi connectivity index (χ1v) is 7.00. The molecule has 0 aliphatic heterocycles. The lowest BCUT2D eigenvalue weighted by atomic mass is 9.98. The normalized spacial score (nSPS) is 18.6. The Kier molecular flexibility index (Phi) is 3.12.